The van der Waals surface area contributed by atoms with Gasteiger partial charge in [0.25, 0.3) is 0 Å². The van der Waals surface area contributed by atoms with E-state index in [1.54, 1.807) is 7.05 Å². The molecular formula is C13H10F2N4O. The van der Waals surface area contributed by atoms with Gasteiger partial charge in [-0.3, -0.25) is 9.48 Å². The third-order valence-electron chi connectivity index (χ3n) is 2.59. The van der Waals surface area contributed by atoms with Crippen molar-refractivity contribution in [1.82, 2.24) is 9.78 Å². The zero-order chi connectivity index (χ0) is 14.7. The van der Waals surface area contributed by atoms with E-state index in [2.05, 4.69) is 10.4 Å². The fraction of sp³-hybridized carbons (Fsp3) is 0.154. The summed E-state index contributed by atoms with van der Waals surface area (Å²) in [6.07, 6.45) is 1.10. The van der Waals surface area contributed by atoms with Gasteiger partial charge in [0.1, 0.15) is 11.6 Å². The summed E-state index contributed by atoms with van der Waals surface area (Å²) in [5.74, 6) is -2.54. The number of carbonyl (C=O) groups is 1. The van der Waals surface area contributed by atoms with E-state index in [0.717, 1.165) is 6.07 Å². The molecule has 20 heavy (non-hydrogen) atoms. The number of nitrogens with zero attached hydrogens (tertiary/aromatic N) is 3. The zero-order valence-corrected chi connectivity index (χ0v) is 10.5. The Morgan fingerprint density at radius 3 is 2.95 bits per heavy atom. The number of amides is 1. The first-order valence-corrected chi connectivity index (χ1v) is 5.67. The zero-order valence-electron chi connectivity index (χ0n) is 10.5. The number of carbonyl (C=O) groups excluding carboxylic acids is 1. The predicted molar refractivity (Wildman–Crippen MR) is 66.6 cm³/mol. The van der Waals surface area contributed by atoms with Crippen molar-refractivity contribution >= 4 is 11.7 Å². The maximum atomic E-state index is 13.4. The molecule has 0 saturated carbocycles. The third-order valence-corrected chi connectivity index (χ3v) is 2.59. The summed E-state index contributed by atoms with van der Waals surface area (Å²) in [5, 5.41) is 15.1. The lowest BCUT2D eigenvalue weighted by Crippen LogP contribution is -2.16. The molecule has 0 atom stereocenters. The van der Waals surface area contributed by atoms with Gasteiger partial charge in [-0.05, 0) is 6.07 Å². The molecule has 0 unspecified atom stereocenters. The lowest BCUT2D eigenvalue weighted by molar-refractivity contribution is -0.115. The summed E-state index contributed by atoms with van der Waals surface area (Å²) >= 11 is 0. The quantitative estimate of drug-likeness (QED) is 0.928. The lowest BCUT2D eigenvalue weighted by Gasteiger charge is -2.04. The number of hydrogen-bond donors (Lipinski definition) is 1. The van der Waals surface area contributed by atoms with Crippen molar-refractivity contribution in [3.8, 4) is 6.07 Å². The van der Waals surface area contributed by atoms with E-state index in [0.29, 0.717) is 0 Å². The van der Waals surface area contributed by atoms with Crippen LogP contribution in [0.3, 0.4) is 0 Å². The summed E-state index contributed by atoms with van der Waals surface area (Å²) in [5.41, 5.74) is 0.137. The average molecular weight is 276 g/mol. The first-order valence-electron chi connectivity index (χ1n) is 5.67. The van der Waals surface area contributed by atoms with Crippen LogP contribution in [0.4, 0.5) is 14.6 Å². The first-order chi connectivity index (χ1) is 9.51. The summed E-state index contributed by atoms with van der Waals surface area (Å²) in [6, 6.07) is 5.49. The fourth-order valence-corrected chi connectivity index (χ4v) is 1.70. The molecule has 5 nitrogen and oxygen atoms in total. The molecule has 0 bridgehead atoms. The number of nitrogens with one attached hydrogen (secondary N) is 1. The SMILES string of the molecule is Cn1cc(C#N)c(NC(=O)Cc2cccc(F)c2F)n1. The highest BCUT2D eigenvalue weighted by atomic mass is 19.2. The average Bonchev–Trinajstić information content (AvgIpc) is 2.75. The van der Waals surface area contributed by atoms with Crippen LogP contribution in [0.1, 0.15) is 11.1 Å². The molecule has 0 spiro atoms. The van der Waals surface area contributed by atoms with Gasteiger partial charge in [-0.2, -0.15) is 10.4 Å². The van der Waals surface area contributed by atoms with E-state index in [1.807, 2.05) is 6.07 Å². The molecule has 0 aliphatic heterocycles. The minimum absolute atomic E-state index is 0.0584. The second kappa shape index (κ2) is 5.48. The van der Waals surface area contributed by atoms with Gasteiger partial charge in [0.2, 0.25) is 5.91 Å². The second-order valence-corrected chi connectivity index (χ2v) is 4.11. The smallest absolute Gasteiger partial charge is 0.230 e. The number of benzene rings is 1. The van der Waals surface area contributed by atoms with E-state index in [9.17, 15) is 13.6 Å². The van der Waals surface area contributed by atoms with Crippen molar-refractivity contribution in [2.75, 3.05) is 5.32 Å². The first kappa shape index (κ1) is 13.7. The Balaban J connectivity index is 2.13. The van der Waals surface area contributed by atoms with Crippen LogP contribution in [0.2, 0.25) is 0 Å². The largest absolute Gasteiger partial charge is 0.308 e. The number of nitriles is 1. The van der Waals surface area contributed by atoms with Crippen LogP contribution in [-0.2, 0) is 18.3 Å². The second-order valence-electron chi connectivity index (χ2n) is 4.11. The maximum Gasteiger partial charge on any atom is 0.230 e. The van der Waals surface area contributed by atoms with Gasteiger partial charge in [0, 0.05) is 18.8 Å². The highest BCUT2D eigenvalue weighted by molar-refractivity contribution is 5.92. The lowest BCUT2D eigenvalue weighted by atomic mass is 10.1. The molecule has 2 rings (SSSR count). The van der Waals surface area contributed by atoms with Crippen molar-refractivity contribution in [2.45, 2.75) is 6.42 Å². The number of halogens is 2. The molecule has 0 fully saturated rings. The molecule has 0 aliphatic carbocycles. The Morgan fingerprint density at radius 1 is 1.50 bits per heavy atom. The van der Waals surface area contributed by atoms with Gasteiger partial charge in [-0.15, -0.1) is 0 Å². The van der Waals surface area contributed by atoms with Crippen LogP contribution in [0, 0.1) is 23.0 Å². The minimum Gasteiger partial charge on any atom is -0.308 e. The molecule has 1 amide bonds. The minimum atomic E-state index is -1.05. The monoisotopic (exact) mass is 276 g/mol. The molecule has 0 radical (unpaired) electrons. The Bertz CT molecular complexity index is 697. The molecule has 2 aromatic rings. The van der Waals surface area contributed by atoms with Gasteiger partial charge in [0.15, 0.2) is 17.5 Å². The van der Waals surface area contributed by atoms with Crippen molar-refractivity contribution < 1.29 is 13.6 Å². The third kappa shape index (κ3) is 2.80. The van der Waals surface area contributed by atoms with Gasteiger partial charge in [-0.25, -0.2) is 8.78 Å². The van der Waals surface area contributed by atoms with Crippen LogP contribution in [0.15, 0.2) is 24.4 Å². The molecule has 1 aromatic carbocycles. The molecule has 0 saturated heterocycles. The standard InChI is InChI=1S/C13H10F2N4O/c1-19-7-9(6-16)13(18-19)17-11(20)5-8-3-2-4-10(14)12(8)15/h2-4,7H,5H2,1H3,(H,17,18,20). The summed E-state index contributed by atoms with van der Waals surface area (Å²) in [4.78, 5) is 11.8. The molecule has 1 N–H and O–H groups in total. The molecule has 7 heteroatoms. The molecule has 102 valence electrons. The van der Waals surface area contributed by atoms with Crippen molar-refractivity contribution in [1.29, 1.82) is 5.26 Å². The predicted octanol–water partition coefficient (Wildman–Crippen LogP) is 1.75. The highest BCUT2D eigenvalue weighted by Gasteiger charge is 2.14. The number of hydrogen-bond acceptors (Lipinski definition) is 3. The molecule has 1 heterocycles. The maximum absolute atomic E-state index is 13.4. The Labute approximate surface area is 113 Å². The summed E-state index contributed by atoms with van der Waals surface area (Å²) in [6.45, 7) is 0. The van der Waals surface area contributed by atoms with Crippen LogP contribution in [-0.4, -0.2) is 15.7 Å². The Morgan fingerprint density at radius 2 is 2.25 bits per heavy atom. The van der Waals surface area contributed by atoms with E-state index in [-0.39, 0.29) is 23.4 Å². The van der Waals surface area contributed by atoms with Crippen molar-refractivity contribution in [3.63, 3.8) is 0 Å². The normalized spacial score (nSPS) is 10.1. The van der Waals surface area contributed by atoms with E-state index in [1.165, 1.54) is 23.0 Å². The Hall–Kier alpha value is -2.75. The van der Waals surface area contributed by atoms with E-state index in [4.69, 9.17) is 5.26 Å². The Kier molecular flexibility index (Phi) is 3.75. The van der Waals surface area contributed by atoms with E-state index < -0.39 is 17.5 Å². The molecule has 0 aliphatic rings. The van der Waals surface area contributed by atoms with Crippen molar-refractivity contribution in [3.05, 3.63) is 47.2 Å². The summed E-state index contributed by atoms with van der Waals surface area (Å²) in [7, 11) is 1.60. The topological polar surface area (TPSA) is 70.7 Å². The highest BCUT2D eigenvalue weighted by Crippen LogP contribution is 2.14. The number of anilines is 1. The van der Waals surface area contributed by atoms with Gasteiger partial charge in [0.05, 0.1) is 6.42 Å². The van der Waals surface area contributed by atoms with Crippen LogP contribution >= 0.6 is 0 Å². The van der Waals surface area contributed by atoms with Crippen molar-refractivity contribution in [2.24, 2.45) is 7.05 Å². The summed E-state index contributed by atoms with van der Waals surface area (Å²) < 4.78 is 27.8. The molecule has 1 aromatic heterocycles. The van der Waals surface area contributed by atoms with E-state index >= 15 is 0 Å². The van der Waals surface area contributed by atoms with Gasteiger partial charge < -0.3 is 5.32 Å². The number of aromatic nitrogens is 2. The van der Waals surface area contributed by atoms with Crippen LogP contribution < -0.4 is 5.32 Å². The molecular weight excluding hydrogens is 266 g/mol. The fourth-order valence-electron chi connectivity index (χ4n) is 1.70. The van der Waals surface area contributed by atoms with Gasteiger partial charge in [-0.1, -0.05) is 12.1 Å². The van der Waals surface area contributed by atoms with Gasteiger partial charge >= 0.3 is 0 Å². The van der Waals surface area contributed by atoms with Crippen LogP contribution in [0.25, 0.3) is 0 Å². The van der Waals surface area contributed by atoms with Crippen LogP contribution in [0.5, 0.6) is 0 Å². The number of rotatable bonds is 3. The number of aryl methyl sites for hydroxylation is 1.